The molecule has 2 aromatic rings. The minimum absolute atomic E-state index is 0.249. The van der Waals surface area contributed by atoms with Gasteiger partial charge >= 0.3 is 0 Å². The van der Waals surface area contributed by atoms with Gasteiger partial charge in [0.1, 0.15) is 11.6 Å². The van der Waals surface area contributed by atoms with Gasteiger partial charge in [0, 0.05) is 37.5 Å². The Morgan fingerprint density at radius 1 is 1.24 bits per heavy atom. The number of hydrogen-bond acceptors (Lipinski definition) is 3. The van der Waals surface area contributed by atoms with Crippen molar-refractivity contribution in [2.75, 3.05) is 6.61 Å². The normalized spacial score (nSPS) is 14.1. The van der Waals surface area contributed by atoms with Gasteiger partial charge in [0.15, 0.2) is 0 Å². The second-order valence-electron chi connectivity index (χ2n) is 5.41. The van der Waals surface area contributed by atoms with Crippen LogP contribution in [0.2, 0.25) is 0 Å². The lowest BCUT2D eigenvalue weighted by Gasteiger charge is -2.09. The lowest BCUT2D eigenvalue weighted by atomic mass is 10.2. The third-order valence-electron chi connectivity index (χ3n) is 3.49. The maximum Gasteiger partial charge on any atom is 0.127 e. The van der Waals surface area contributed by atoms with E-state index < -0.39 is 0 Å². The molecule has 1 aliphatic rings. The fraction of sp³-hybridized carbons (Fsp3) is 0.353. The van der Waals surface area contributed by atoms with Crippen LogP contribution >= 0.6 is 0 Å². The number of hydrogen-bond donors (Lipinski definition) is 1. The predicted octanol–water partition coefficient (Wildman–Crippen LogP) is 3.09. The lowest BCUT2D eigenvalue weighted by Crippen LogP contribution is -2.15. The smallest absolute Gasteiger partial charge is 0.127 e. The highest BCUT2D eigenvalue weighted by molar-refractivity contribution is 5.29. The molecular formula is C17H19FN2O. The minimum atomic E-state index is -0.249. The molecule has 0 aliphatic heterocycles. The van der Waals surface area contributed by atoms with E-state index in [4.69, 9.17) is 4.74 Å². The summed E-state index contributed by atoms with van der Waals surface area (Å²) in [4.78, 5) is 4.06. The highest BCUT2D eigenvalue weighted by atomic mass is 19.1. The molecule has 1 N–H and O–H groups in total. The molecule has 1 saturated carbocycles. The van der Waals surface area contributed by atoms with Gasteiger partial charge in [-0.3, -0.25) is 4.98 Å². The number of pyridine rings is 1. The molecule has 3 rings (SSSR count). The van der Waals surface area contributed by atoms with Crippen LogP contribution in [0, 0.1) is 5.82 Å². The van der Waals surface area contributed by atoms with Gasteiger partial charge in [-0.25, -0.2) is 4.39 Å². The van der Waals surface area contributed by atoms with Crippen LogP contribution < -0.4 is 10.1 Å². The minimum Gasteiger partial charge on any atom is -0.493 e. The number of rotatable bonds is 7. The van der Waals surface area contributed by atoms with Crippen molar-refractivity contribution in [2.24, 2.45) is 0 Å². The molecule has 0 amide bonds. The summed E-state index contributed by atoms with van der Waals surface area (Å²) in [6, 6.07) is 9.42. The molecule has 0 atom stereocenters. The van der Waals surface area contributed by atoms with E-state index in [9.17, 15) is 4.39 Å². The van der Waals surface area contributed by atoms with Gasteiger partial charge in [0.2, 0.25) is 0 Å². The van der Waals surface area contributed by atoms with E-state index >= 15 is 0 Å². The molecule has 21 heavy (non-hydrogen) atoms. The molecule has 1 aliphatic carbocycles. The highest BCUT2D eigenvalue weighted by Crippen LogP contribution is 2.21. The number of ether oxygens (including phenoxy) is 1. The summed E-state index contributed by atoms with van der Waals surface area (Å²) in [5.41, 5.74) is 2.04. The monoisotopic (exact) mass is 286 g/mol. The molecule has 1 aromatic heterocycles. The first kappa shape index (κ1) is 14.0. The molecule has 0 unspecified atom stereocenters. The van der Waals surface area contributed by atoms with Gasteiger partial charge in [-0.15, -0.1) is 0 Å². The average molecular weight is 286 g/mol. The van der Waals surface area contributed by atoms with Gasteiger partial charge < -0.3 is 10.1 Å². The van der Waals surface area contributed by atoms with Crippen LogP contribution in [0.15, 0.2) is 42.7 Å². The van der Waals surface area contributed by atoms with Crippen molar-refractivity contribution >= 4 is 0 Å². The van der Waals surface area contributed by atoms with Crippen molar-refractivity contribution in [3.05, 3.63) is 59.7 Å². The second-order valence-corrected chi connectivity index (χ2v) is 5.41. The van der Waals surface area contributed by atoms with Crippen molar-refractivity contribution in [1.82, 2.24) is 10.3 Å². The zero-order valence-electron chi connectivity index (χ0n) is 11.9. The topological polar surface area (TPSA) is 34.1 Å². The standard InChI is InChI=1S/C17H19FN2O/c18-15-8-14(12-20-16-3-4-16)9-17(10-15)21-7-5-13-2-1-6-19-11-13/h1-2,6,8-11,16,20H,3-5,7,12H2. The maximum atomic E-state index is 13.6. The van der Waals surface area contributed by atoms with Crippen LogP contribution in [0.1, 0.15) is 24.0 Å². The van der Waals surface area contributed by atoms with Crippen molar-refractivity contribution in [3.63, 3.8) is 0 Å². The Morgan fingerprint density at radius 3 is 2.90 bits per heavy atom. The number of nitrogens with one attached hydrogen (secondary N) is 1. The van der Waals surface area contributed by atoms with Crippen LogP contribution in [-0.2, 0) is 13.0 Å². The summed E-state index contributed by atoms with van der Waals surface area (Å²) >= 11 is 0. The van der Waals surface area contributed by atoms with Gasteiger partial charge in [0.25, 0.3) is 0 Å². The lowest BCUT2D eigenvalue weighted by molar-refractivity contribution is 0.319. The van der Waals surface area contributed by atoms with Crippen LogP contribution in [-0.4, -0.2) is 17.6 Å². The van der Waals surface area contributed by atoms with E-state index in [2.05, 4.69) is 10.3 Å². The Balaban J connectivity index is 1.54. The molecule has 0 saturated heterocycles. The molecule has 0 bridgehead atoms. The third-order valence-corrected chi connectivity index (χ3v) is 3.49. The van der Waals surface area contributed by atoms with Crippen LogP contribution in [0.4, 0.5) is 4.39 Å². The van der Waals surface area contributed by atoms with Crippen molar-refractivity contribution in [1.29, 1.82) is 0 Å². The maximum absolute atomic E-state index is 13.6. The van der Waals surface area contributed by atoms with E-state index in [-0.39, 0.29) is 5.82 Å². The highest BCUT2D eigenvalue weighted by Gasteiger charge is 2.20. The number of nitrogens with zero attached hydrogens (tertiary/aromatic N) is 1. The first-order valence-electron chi connectivity index (χ1n) is 7.34. The summed E-state index contributed by atoms with van der Waals surface area (Å²) in [7, 11) is 0. The summed E-state index contributed by atoms with van der Waals surface area (Å²) in [5, 5.41) is 3.38. The molecule has 1 heterocycles. The molecule has 1 fully saturated rings. The zero-order valence-corrected chi connectivity index (χ0v) is 11.9. The number of aromatic nitrogens is 1. The molecular weight excluding hydrogens is 267 g/mol. The Morgan fingerprint density at radius 2 is 2.14 bits per heavy atom. The van der Waals surface area contributed by atoms with Gasteiger partial charge in [-0.2, -0.15) is 0 Å². The zero-order chi connectivity index (χ0) is 14.5. The summed E-state index contributed by atoms with van der Waals surface area (Å²) < 4.78 is 19.3. The fourth-order valence-electron chi connectivity index (χ4n) is 2.19. The molecule has 3 nitrogen and oxygen atoms in total. The Hall–Kier alpha value is -1.94. The number of halogens is 1. The van der Waals surface area contributed by atoms with E-state index in [1.807, 2.05) is 24.4 Å². The molecule has 0 radical (unpaired) electrons. The summed E-state index contributed by atoms with van der Waals surface area (Å²) in [6.45, 7) is 1.21. The van der Waals surface area contributed by atoms with Crippen molar-refractivity contribution in [2.45, 2.75) is 31.8 Å². The SMILES string of the molecule is Fc1cc(CNC2CC2)cc(OCCc2cccnc2)c1. The van der Waals surface area contributed by atoms with Crippen LogP contribution in [0.5, 0.6) is 5.75 Å². The van der Waals surface area contributed by atoms with Crippen LogP contribution in [0.3, 0.4) is 0 Å². The molecule has 0 spiro atoms. The first-order chi connectivity index (χ1) is 10.3. The van der Waals surface area contributed by atoms with Gasteiger partial charge in [-0.1, -0.05) is 6.07 Å². The average Bonchev–Trinajstić information content (AvgIpc) is 3.30. The van der Waals surface area contributed by atoms with Crippen LogP contribution in [0.25, 0.3) is 0 Å². The quantitative estimate of drug-likeness (QED) is 0.849. The van der Waals surface area contributed by atoms with E-state index in [1.165, 1.54) is 18.9 Å². The molecule has 1 aromatic carbocycles. The third kappa shape index (κ3) is 4.53. The van der Waals surface area contributed by atoms with Crippen molar-refractivity contribution in [3.8, 4) is 5.75 Å². The van der Waals surface area contributed by atoms with E-state index in [0.29, 0.717) is 24.9 Å². The Kier molecular flexibility index (Phi) is 4.46. The largest absolute Gasteiger partial charge is 0.493 e. The van der Waals surface area contributed by atoms with Crippen molar-refractivity contribution < 1.29 is 9.13 Å². The number of benzene rings is 1. The molecule has 110 valence electrons. The Labute approximate surface area is 124 Å². The fourth-order valence-corrected chi connectivity index (χ4v) is 2.19. The van der Waals surface area contributed by atoms with Gasteiger partial charge in [0.05, 0.1) is 6.61 Å². The molecule has 4 heteroatoms. The Bertz CT molecular complexity index is 585. The van der Waals surface area contributed by atoms with E-state index in [0.717, 1.165) is 17.5 Å². The first-order valence-corrected chi connectivity index (χ1v) is 7.34. The second kappa shape index (κ2) is 6.68. The summed E-state index contributed by atoms with van der Waals surface area (Å²) in [6.07, 6.45) is 6.78. The summed E-state index contributed by atoms with van der Waals surface area (Å²) in [5.74, 6) is 0.341. The van der Waals surface area contributed by atoms with Gasteiger partial charge in [-0.05, 0) is 42.2 Å². The van der Waals surface area contributed by atoms with E-state index in [1.54, 1.807) is 12.3 Å². The predicted molar refractivity (Wildman–Crippen MR) is 79.7 cm³/mol.